The minimum absolute atomic E-state index is 0.0637. The van der Waals surface area contributed by atoms with Crippen LogP contribution in [0, 0.1) is 13.8 Å². The maximum atomic E-state index is 13.4. The number of anilines is 1. The van der Waals surface area contributed by atoms with Crippen molar-refractivity contribution < 1.29 is 17.9 Å². The second kappa shape index (κ2) is 9.29. The van der Waals surface area contributed by atoms with Crippen LogP contribution in [-0.2, 0) is 21.2 Å². The molecule has 4 rings (SSSR count). The third-order valence-electron chi connectivity index (χ3n) is 5.40. The van der Waals surface area contributed by atoms with Gasteiger partial charge in [0, 0.05) is 12.4 Å². The molecule has 0 radical (unpaired) electrons. The molecule has 0 bridgehead atoms. The number of aryl methyl sites for hydroxylation is 2. The van der Waals surface area contributed by atoms with Crippen LogP contribution >= 0.6 is 11.3 Å². The van der Waals surface area contributed by atoms with E-state index in [1.807, 2.05) is 32.0 Å². The smallest absolute Gasteiger partial charge is 0.244 e. The van der Waals surface area contributed by atoms with Crippen molar-refractivity contribution in [3.8, 4) is 5.75 Å². The summed E-state index contributed by atoms with van der Waals surface area (Å²) in [7, 11) is -2.36. The van der Waals surface area contributed by atoms with Crippen LogP contribution in [0.1, 0.15) is 16.7 Å². The Morgan fingerprint density at radius 2 is 1.85 bits per heavy atom. The molecule has 0 fully saturated rings. The molecule has 2 aromatic heterocycles. The van der Waals surface area contributed by atoms with Gasteiger partial charge in [-0.2, -0.15) is 0 Å². The predicted octanol–water partition coefficient (Wildman–Crippen LogP) is 4.32. The highest BCUT2D eigenvalue weighted by Crippen LogP contribution is 2.33. The first-order valence-electron chi connectivity index (χ1n) is 10.2. The Bertz CT molecular complexity index is 1400. The summed E-state index contributed by atoms with van der Waals surface area (Å²) in [6, 6.07) is 13.6. The van der Waals surface area contributed by atoms with Crippen molar-refractivity contribution in [3.63, 3.8) is 0 Å². The van der Waals surface area contributed by atoms with Crippen LogP contribution in [0.3, 0.4) is 0 Å². The normalized spacial score (nSPS) is 11.5. The number of carbonyl (C=O) groups is 1. The fraction of sp³-hybridized carbons (Fsp3) is 0.208. The maximum absolute atomic E-state index is 13.4. The van der Waals surface area contributed by atoms with Crippen molar-refractivity contribution >= 4 is 42.4 Å². The van der Waals surface area contributed by atoms with E-state index in [1.54, 1.807) is 30.6 Å². The fourth-order valence-corrected chi connectivity index (χ4v) is 5.61. The Kier molecular flexibility index (Phi) is 6.44. The molecule has 7 nitrogen and oxygen atoms in total. The molecule has 0 aliphatic carbocycles. The van der Waals surface area contributed by atoms with E-state index in [-0.39, 0.29) is 11.4 Å². The molecule has 0 saturated carbocycles. The van der Waals surface area contributed by atoms with Crippen molar-refractivity contribution in [2.45, 2.75) is 25.3 Å². The molecule has 0 aliphatic rings. The summed E-state index contributed by atoms with van der Waals surface area (Å²) in [5, 5.41) is 0.456. The van der Waals surface area contributed by atoms with E-state index in [4.69, 9.17) is 9.72 Å². The third-order valence-corrected chi connectivity index (χ3v) is 8.06. The number of amides is 1. The second-order valence-corrected chi connectivity index (χ2v) is 10.6. The van der Waals surface area contributed by atoms with E-state index in [9.17, 15) is 13.2 Å². The number of aromatic nitrogens is 2. The Morgan fingerprint density at radius 3 is 2.52 bits per heavy atom. The summed E-state index contributed by atoms with van der Waals surface area (Å²) in [4.78, 5) is 23.7. The summed E-state index contributed by atoms with van der Waals surface area (Å²) in [6.07, 6.45) is 3.30. The summed E-state index contributed by atoms with van der Waals surface area (Å²) in [5.74, 6) is -0.685. The molecule has 0 unspecified atom stereocenters. The van der Waals surface area contributed by atoms with Crippen LogP contribution in [0.4, 0.5) is 5.13 Å². The van der Waals surface area contributed by atoms with Gasteiger partial charge in [0.05, 0.1) is 28.8 Å². The lowest BCUT2D eigenvalue weighted by Gasteiger charge is -2.20. The molecule has 9 heteroatoms. The molecule has 0 aliphatic heterocycles. The number of fused-ring (bicyclic) bond motifs is 1. The first-order chi connectivity index (χ1) is 15.8. The number of ether oxygens (including phenoxy) is 1. The van der Waals surface area contributed by atoms with Gasteiger partial charge in [-0.1, -0.05) is 23.5 Å². The zero-order valence-corrected chi connectivity index (χ0v) is 20.1. The summed E-state index contributed by atoms with van der Waals surface area (Å²) in [5.41, 5.74) is 3.73. The molecule has 33 heavy (non-hydrogen) atoms. The van der Waals surface area contributed by atoms with Gasteiger partial charge in [-0.3, -0.25) is 14.7 Å². The van der Waals surface area contributed by atoms with Crippen LogP contribution in [-0.4, -0.2) is 37.2 Å². The van der Waals surface area contributed by atoms with Gasteiger partial charge in [-0.15, -0.1) is 0 Å². The highest BCUT2D eigenvalue weighted by Gasteiger charge is 2.27. The van der Waals surface area contributed by atoms with Gasteiger partial charge in [0.1, 0.15) is 11.5 Å². The summed E-state index contributed by atoms with van der Waals surface area (Å²) < 4.78 is 32.0. The standard InChI is InChI=1S/C24H23N3O4S2/c1-16-6-11-21-23(17(16)2)26-24(32-21)27(14-18-5-4-12-25-13-18)22(28)15-33(29,30)20-9-7-19(31-3)8-10-20/h4-13H,14-15H2,1-3H3. The Morgan fingerprint density at radius 1 is 1.09 bits per heavy atom. The zero-order valence-electron chi connectivity index (χ0n) is 18.5. The first kappa shape index (κ1) is 22.9. The van der Waals surface area contributed by atoms with Gasteiger partial charge in [-0.25, -0.2) is 13.4 Å². The van der Waals surface area contributed by atoms with Crippen molar-refractivity contribution in [1.82, 2.24) is 9.97 Å². The van der Waals surface area contributed by atoms with Crippen molar-refractivity contribution in [2.24, 2.45) is 0 Å². The largest absolute Gasteiger partial charge is 0.497 e. The lowest BCUT2D eigenvalue weighted by atomic mass is 10.1. The minimum Gasteiger partial charge on any atom is -0.497 e. The zero-order chi connectivity index (χ0) is 23.6. The summed E-state index contributed by atoms with van der Waals surface area (Å²) in [6.45, 7) is 4.17. The quantitative estimate of drug-likeness (QED) is 0.390. The van der Waals surface area contributed by atoms with Crippen LogP contribution in [0.25, 0.3) is 10.2 Å². The minimum atomic E-state index is -3.86. The van der Waals surface area contributed by atoms with Crippen LogP contribution in [0.2, 0.25) is 0 Å². The molecule has 170 valence electrons. The van der Waals surface area contributed by atoms with Gasteiger partial charge in [-0.05, 0) is 66.9 Å². The SMILES string of the molecule is COc1ccc(S(=O)(=O)CC(=O)N(Cc2cccnc2)c2nc3c(C)c(C)ccc3s2)cc1. The maximum Gasteiger partial charge on any atom is 0.244 e. The fourth-order valence-electron chi connectivity index (χ4n) is 3.37. The predicted molar refractivity (Wildman–Crippen MR) is 130 cm³/mol. The molecule has 1 amide bonds. The number of methoxy groups -OCH3 is 1. The van der Waals surface area contributed by atoms with Gasteiger partial charge < -0.3 is 4.74 Å². The molecule has 0 saturated heterocycles. The van der Waals surface area contributed by atoms with E-state index in [1.165, 1.54) is 35.5 Å². The van der Waals surface area contributed by atoms with Crippen molar-refractivity contribution in [1.29, 1.82) is 0 Å². The topological polar surface area (TPSA) is 89.5 Å². The molecule has 4 aromatic rings. The molecular formula is C24H23N3O4S2. The van der Waals surface area contributed by atoms with Gasteiger partial charge in [0.25, 0.3) is 0 Å². The number of sulfone groups is 1. The van der Waals surface area contributed by atoms with Gasteiger partial charge >= 0.3 is 0 Å². The average molecular weight is 482 g/mol. The number of pyridine rings is 1. The number of carbonyl (C=O) groups excluding carboxylic acids is 1. The Hall–Kier alpha value is -3.30. The van der Waals surface area contributed by atoms with E-state index in [0.717, 1.165) is 26.9 Å². The first-order valence-corrected chi connectivity index (χ1v) is 12.7. The highest BCUT2D eigenvalue weighted by molar-refractivity contribution is 7.92. The lowest BCUT2D eigenvalue weighted by Crippen LogP contribution is -2.35. The molecule has 2 aromatic carbocycles. The molecule has 0 atom stereocenters. The number of rotatable bonds is 7. The molecular weight excluding hydrogens is 458 g/mol. The van der Waals surface area contributed by atoms with E-state index in [2.05, 4.69) is 4.98 Å². The van der Waals surface area contributed by atoms with Crippen molar-refractivity contribution in [2.75, 3.05) is 17.8 Å². The number of hydrogen-bond acceptors (Lipinski definition) is 7. The third kappa shape index (κ3) is 4.89. The number of thiazole rings is 1. The number of hydrogen-bond donors (Lipinski definition) is 0. The second-order valence-electron chi connectivity index (χ2n) is 7.63. The van der Waals surface area contributed by atoms with E-state index in [0.29, 0.717) is 10.9 Å². The van der Waals surface area contributed by atoms with E-state index >= 15 is 0 Å². The van der Waals surface area contributed by atoms with E-state index < -0.39 is 21.5 Å². The molecule has 0 spiro atoms. The highest BCUT2D eigenvalue weighted by atomic mass is 32.2. The number of nitrogens with zero attached hydrogens (tertiary/aromatic N) is 3. The monoisotopic (exact) mass is 481 g/mol. The Labute approximate surface area is 196 Å². The van der Waals surface area contributed by atoms with Crippen LogP contribution < -0.4 is 9.64 Å². The van der Waals surface area contributed by atoms with Crippen LogP contribution in [0.5, 0.6) is 5.75 Å². The van der Waals surface area contributed by atoms with Crippen molar-refractivity contribution in [3.05, 3.63) is 77.6 Å². The average Bonchev–Trinajstić information content (AvgIpc) is 3.25. The van der Waals surface area contributed by atoms with Gasteiger partial charge in [0.2, 0.25) is 5.91 Å². The lowest BCUT2D eigenvalue weighted by molar-refractivity contribution is -0.116. The molecule has 2 heterocycles. The molecule has 0 N–H and O–H groups in total. The Balaban J connectivity index is 1.70. The number of benzene rings is 2. The van der Waals surface area contributed by atoms with Crippen LogP contribution in [0.15, 0.2) is 65.8 Å². The van der Waals surface area contributed by atoms with Gasteiger partial charge in [0.15, 0.2) is 15.0 Å². The summed E-state index contributed by atoms with van der Waals surface area (Å²) >= 11 is 1.36.